The Kier molecular flexibility index (Phi) is 4.91. The largest absolute Gasteiger partial charge is 0.375 e. The molecule has 2 aliphatic rings. The van der Waals surface area contributed by atoms with Crippen molar-refractivity contribution < 1.29 is 13.9 Å². The number of pyridine rings is 1. The van der Waals surface area contributed by atoms with Crippen molar-refractivity contribution in [2.75, 3.05) is 24.3 Å². The van der Waals surface area contributed by atoms with E-state index in [1.807, 2.05) is 0 Å². The van der Waals surface area contributed by atoms with Gasteiger partial charge in [0.25, 0.3) is 11.5 Å². The minimum absolute atomic E-state index is 0.0160. The van der Waals surface area contributed by atoms with Crippen LogP contribution in [0.4, 0.5) is 21.7 Å². The number of carbonyl (C=O) groups is 1. The van der Waals surface area contributed by atoms with Crippen molar-refractivity contribution in [2.45, 2.75) is 18.6 Å². The highest BCUT2D eigenvalue weighted by molar-refractivity contribution is 6.00. The molecule has 4 aromatic heterocycles. The second-order valence-corrected chi connectivity index (χ2v) is 8.37. The number of ether oxygens (including phenoxy) is 1. The maximum atomic E-state index is 13.2. The van der Waals surface area contributed by atoms with Gasteiger partial charge in [-0.25, -0.2) is 19.3 Å². The Morgan fingerprint density at radius 2 is 2.09 bits per heavy atom. The van der Waals surface area contributed by atoms with Gasteiger partial charge < -0.3 is 20.7 Å². The van der Waals surface area contributed by atoms with Gasteiger partial charge in [0.2, 0.25) is 5.95 Å². The number of halogens is 1. The molecular weight excluding hydrogens is 457 g/mol. The molecule has 35 heavy (non-hydrogen) atoms. The van der Waals surface area contributed by atoms with E-state index in [9.17, 15) is 14.0 Å². The van der Waals surface area contributed by atoms with Crippen LogP contribution in [0.1, 0.15) is 16.8 Å². The highest BCUT2D eigenvalue weighted by Gasteiger charge is 2.49. The SMILES string of the molecule is CNc1cc(Nc2cccn(-c3ncc(F)cn3)c2=O)nc2c(C(=O)N[C@@H]3CC4COC43)cnn12. The molecule has 12 nitrogen and oxygen atoms in total. The van der Waals surface area contributed by atoms with Gasteiger partial charge in [0, 0.05) is 25.2 Å². The number of nitrogens with zero attached hydrogens (tertiary/aromatic N) is 6. The fourth-order valence-corrected chi connectivity index (χ4v) is 4.32. The van der Waals surface area contributed by atoms with E-state index in [1.54, 1.807) is 25.2 Å². The summed E-state index contributed by atoms with van der Waals surface area (Å²) < 4.78 is 21.4. The molecule has 1 amide bonds. The average molecular weight is 477 g/mol. The molecule has 1 aliphatic heterocycles. The van der Waals surface area contributed by atoms with E-state index < -0.39 is 11.4 Å². The van der Waals surface area contributed by atoms with Crippen molar-refractivity contribution in [3.8, 4) is 5.95 Å². The summed E-state index contributed by atoms with van der Waals surface area (Å²) in [5.41, 5.74) is 0.351. The molecule has 0 aromatic carbocycles. The number of rotatable bonds is 6. The minimum Gasteiger partial charge on any atom is -0.375 e. The average Bonchev–Trinajstić information content (AvgIpc) is 3.27. The van der Waals surface area contributed by atoms with Crippen LogP contribution in [0.3, 0.4) is 0 Å². The number of anilines is 3. The summed E-state index contributed by atoms with van der Waals surface area (Å²) in [6, 6.07) is 4.84. The summed E-state index contributed by atoms with van der Waals surface area (Å²) >= 11 is 0. The third kappa shape index (κ3) is 3.56. The van der Waals surface area contributed by atoms with Gasteiger partial charge in [-0.1, -0.05) is 0 Å². The van der Waals surface area contributed by atoms with Crippen LogP contribution in [0.15, 0.2) is 47.8 Å². The lowest BCUT2D eigenvalue weighted by Gasteiger charge is -2.52. The first kappa shape index (κ1) is 21.2. The van der Waals surface area contributed by atoms with Gasteiger partial charge in [-0.05, 0) is 18.6 Å². The summed E-state index contributed by atoms with van der Waals surface area (Å²) in [5.74, 6) is 0.539. The van der Waals surface area contributed by atoms with Gasteiger partial charge in [-0.15, -0.1) is 0 Å². The zero-order valence-corrected chi connectivity index (χ0v) is 18.5. The molecule has 3 atom stereocenters. The quantitative estimate of drug-likeness (QED) is 0.372. The lowest BCUT2D eigenvalue weighted by Crippen LogP contribution is -2.65. The van der Waals surface area contributed by atoms with Crippen molar-refractivity contribution in [3.05, 3.63) is 64.7 Å². The smallest absolute Gasteiger partial charge is 0.281 e. The Morgan fingerprint density at radius 3 is 2.77 bits per heavy atom. The predicted octanol–water partition coefficient (Wildman–Crippen LogP) is 1.11. The van der Waals surface area contributed by atoms with Crippen molar-refractivity contribution in [1.29, 1.82) is 0 Å². The van der Waals surface area contributed by atoms with Crippen molar-refractivity contribution >= 4 is 28.9 Å². The first-order valence-corrected chi connectivity index (χ1v) is 11.0. The molecule has 1 saturated carbocycles. The van der Waals surface area contributed by atoms with Gasteiger partial charge in [0.1, 0.15) is 22.9 Å². The van der Waals surface area contributed by atoms with E-state index in [2.05, 4.69) is 36.0 Å². The maximum Gasteiger partial charge on any atom is 0.281 e. The molecule has 3 N–H and O–H groups in total. The number of carbonyl (C=O) groups excluding carboxylic acids is 1. The van der Waals surface area contributed by atoms with Crippen molar-refractivity contribution in [3.63, 3.8) is 0 Å². The van der Waals surface area contributed by atoms with Gasteiger partial charge in [0.15, 0.2) is 11.5 Å². The zero-order valence-electron chi connectivity index (χ0n) is 18.5. The molecule has 1 saturated heterocycles. The first-order valence-electron chi connectivity index (χ1n) is 11.0. The van der Waals surface area contributed by atoms with E-state index in [0.717, 1.165) is 25.4 Å². The van der Waals surface area contributed by atoms with Gasteiger partial charge in [-0.2, -0.15) is 9.61 Å². The van der Waals surface area contributed by atoms with E-state index in [1.165, 1.54) is 21.5 Å². The van der Waals surface area contributed by atoms with Gasteiger partial charge in [0.05, 0.1) is 37.3 Å². The van der Waals surface area contributed by atoms with E-state index in [-0.39, 0.29) is 29.7 Å². The number of fused-ring (bicyclic) bond motifs is 2. The Hall–Kier alpha value is -4.39. The number of amides is 1. The third-order valence-electron chi connectivity index (χ3n) is 6.24. The Morgan fingerprint density at radius 1 is 1.26 bits per heavy atom. The monoisotopic (exact) mass is 477 g/mol. The van der Waals surface area contributed by atoms with Crippen LogP contribution in [0.5, 0.6) is 0 Å². The summed E-state index contributed by atoms with van der Waals surface area (Å²) in [7, 11) is 1.71. The second kappa shape index (κ2) is 8.13. The molecule has 0 bridgehead atoms. The molecule has 6 rings (SSSR count). The van der Waals surface area contributed by atoms with Crippen molar-refractivity contribution in [1.82, 2.24) is 34.4 Å². The normalized spacial score (nSPS) is 20.5. The molecule has 2 unspecified atom stereocenters. The van der Waals surface area contributed by atoms with Crippen molar-refractivity contribution in [2.24, 2.45) is 5.92 Å². The molecular formula is C22H20FN9O3. The van der Waals surface area contributed by atoms with Crippen LogP contribution in [-0.4, -0.2) is 60.8 Å². The number of aromatic nitrogens is 6. The standard InChI is InChI=1S/C22H20FN9O3/c1-24-17-6-16(28-14-3-2-4-31(21(14)34)22-25-7-12(23)8-26-22)30-19-13(9-27-32(17)19)20(33)29-15-5-11-10-35-18(11)15/h2-4,6-9,11,15,18,24H,5,10H2,1H3,(H,28,30)(H,29,33)/t11?,15-,18?/m1/s1. The Balaban J connectivity index is 1.32. The second-order valence-electron chi connectivity index (χ2n) is 8.37. The summed E-state index contributed by atoms with van der Waals surface area (Å²) in [6.45, 7) is 0.754. The molecule has 0 spiro atoms. The first-order chi connectivity index (χ1) is 17.0. The summed E-state index contributed by atoms with van der Waals surface area (Å²) in [4.78, 5) is 38.2. The third-order valence-corrected chi connectivity index (χ3v) is 6.24. The molecule has 178 valence electrons. The molecule has 5 heterocycles. The van der Waals surface area contributed by atoms with Crippen LogP contribution >= 0.6 is 0 Å². The van der Waals surface area contributed by atoms with Crippen LogP contribution in [0.2, 0.25) is 0 Å². The fraction of sp³-hybridized carbons (Fsp3) is 0.273. The zero-order chi connectivity index (χ0) is 24.1. The van der Waals surface area contributed by atoms with E-state index in [4.69, 9.17) is 4.74 Å². The number of hydrogen-bond donors (Lipinski definition) is 3. The predicted molar refractivity (Wildman–Crippen MR) is 123 cm³/mol. The molecule has 2 fully saturated rings. The number of nitrogens with one attached hydrogen (secondary N) is 3. The number of hydrogen-bond acceptors (Lipinski definition) is 9. The van der Waals surface area contributed by atoms with Gasteiger partial charge in [-0.3, -0.25) is 14.2 Å². The van der Waals surface area contributed by atoms with Crippen LogP contribution < -0.4 is 21.5 Å². The lowest BCUT2D eigenvalue weighted by atomic mass is 9.73. The lowest BCUT2D eigenvalue weighted by molar-refractivity contribution is -0.191. The van der Waals surface area contributed by atoms with E-state index in [0.29, 0.717) is 28.8 Å². The van der Waals surface area contributed by atoms with Crippen LogP contribution in [-0.2, 0) is 4.74 Å². The molecule has 4 aromatic rings. The highest BCUT2D eigenvalue weighted by atomic mass is 19.1. The molecule has 1 aliphatic carbocycles. The Bertz CT molecular complexity index is 1500. The molecule has 0 radical (unpaired) electrons. The Labute approximate surface area is 197 Å². The minimum atomic E-state index is -0.605. The topological polar surface area (TPSA) is 140 Å². The fourth-order valence-electron chi connectivity index (χ4n) is 4.32. The summed E-state index contributed by atoms with van der Waals surface area (Å²) in [6.07, 6.45) is 5.89. The molecule has 13 heteroatoms. The van der Waals surface area contributed by atoms with Gasteiger partial charge >= 0.3 is 0 Å². The maximum absolute atomic E-state index is 13.2. The summed E-state index contributed by atoms with van der Waals surface area (Å²) in [5, 5.41) is 13.3. The van der Waals surface area contributed by atoms with E-state index >= 15 is 0 Å². The van der Waals surface area contributed by atoms with Crippen LogP contribution in [0, 0.1) is 11.7 Å². The highest BCUT2D eigenvalue weighted by Crippen LogP contribution is 2.39. The van der Waals surface area contributed by atoms with Crippen LogP contribution in [0.25, 0.3) is 11.6 Å².